The molecule has 43 heavy (non-hydrogen) atoms. The summed E-state index contributed by atoms with van der Waals surface area (Å²) in [5.41, 5.74) is 4.73. The van der Waals surface area contributed by atoms with Crippen molar-refractivity contribution in [3.8, 4) is 11.3 Å². The van der Waals surface area contributed by atoms with Crippen LogP contribution in [-0.2, 0) is 19.1 Å². The van der Waals surface area contributed by atoms with E-state index < -0.39 is 12.0 Å². The number of rotatable bonds is 8. The number of benzene rings is 1. The first-order chi connectivity index (χ1) is 20.8. The summed E-state index contributed by atoms with van der Waals surface area (Å²) in [7, 11) is 1.32. The molecule has 1 atom stereocenters. The Kier molecular flexibility index (Phi) is 9.77. The summed E-state index contributed by atoms with van der Waals surface area (Å²) in [6.45, 7) is 6.48. The lowest BCUT2D eigenvalue weighted by atomic mass is 9.98. The Balaban J connectivity index is 1.38. The van der Waals surface area contributed by atoms with Crippen LogP contribution >= 0.6 is 11.6 Å². The van der Waals surface area contributed by atoms with Crippen molar-refractivity contribution in [2.45, 2.75) is 58.0 Å². The molecule has 1 fully saturated rings. The molecule has 1 N–H and O–H groups in total. The lowest BCUT2D eigenvalue weighted by Gasteiger charge is -2.28. The zero-order valence-electron chi connectivity index (χ0n) is 24.9. The standard InChI is InChI=1S/C32H38ClN5O5/c1-4-5-21-9-13-37(12-8-20(21)2)28(39)19-38-27(17-29(40)42-3)24-7-6-22(16-25(24)31(38)41)30-26(33)18-34-32(36-30)35-23-10-14-43-15-11-23/h4-7,16,18,23,27H,8-15,17,19H2,1-3H3,(H,34,35,36)/b5-4-. The van der Waals surface area contributed by atoms with Gasteiger partial charge in [0, 0.05) is 43.5 Å². The first-order valence-corrected chi connectivity index (χ1v) is 15.1. The minimum atomic E-state index is -0.620. The quantitative estimate of drug-likeness (QED) is 0.419. The Morgan fingerprint density at radius 1 is 1.21 bits per heavy atom. The molecular formula is C32H38ClN5O5. The summed E-state index contributed by atoms with van der Waals surface area (Å²) < 4.78 is 10.4. The molecule has 0 saturated carbocycles. The first kappa shape index (κ1) is 30.7. The van der Waals surface area contributed by atoms with E-state index in [0.29, 0.717) is 59.7 Å². The van der Waals surface area contributed by atoms with Crippen LogP contribution in [0.3, 0.4) is 0 Å². The van der Waals surface area contributed by atoms with E-state index >= 15 is 0 Å². The Bertz CT molecular complexity index is 1450. The van der Waals surface area contributed by atoms with Crippen molar-refractivity contribution in [1.29, 1.82) is 0 Å². The van der Waals surface area contributed by atoms with Gasteiger partial charge < -0.3 is 24.6 Å². The number of halogens is 1. The first-order valence-electron chi connectivity index (χ1n) is 14.8. The predicted molar refractivity (Wildman–Crippen MR) is 164 cm³/mol. The smallest absolute Gasteiger partial charge is 0.307 e. The molecule has 0 bridgehead atoms. The van der Waals surface area contributed by atoms with E-state index in [0.717, 1.165) is 25.7 Å². The minimum Gasteiger partial charge on any atom is -0.469 e. The molecule has 5 rings (SSSR count). The molecule has 11 heteroatoms. The van der Waals surface area contributed by atoms with Crippen LogP contribution in [0.1, 0.15) is 67.9 Å². The van der Waals surface area contributed by atoms with Crippen molar-refractivity contribution in [3.63, 3.8) is 0 Å². The molecule has 0 aliphatic carbocycles. The Morgan fingerprint density at radius 2 is 1.98 bits per heavy atom. The number of hydrogen-bond donors (Lipinski definition) is 1. The number of nitrogens with one attached hydrogen (secondary N) is 1. The lowest BCUT2D eigenvalue weighted by molar-refractivity contribution is -0.142. The van der Waals surface area contributed by atoms with Gasteiger partial charge in [-0.2, -0.15) is 0 Å². The summed E-state index contributed by atoms with van der Waals surface area (Å²) in [6.07, 6.45) is 8.86. The monoisotopic (exact) mass is 607 g/mol. The maximum absolute atomic E-state index is 13.8. The van der Waals surface area contributed by atoms with Crippen molar-refractivity contribution < 1.29 is 23.9 Å². The lowest BCUT2D eigenvalue weighted by Crippen LogP contribution is -2.42. The van der Waals surface area contributed by atoms with Gasteiger partial charge in [0.15, 0.2) is 0 Å². The molecular weight excluding hydrogens is 570 g/mol. The fourth-order valence-electron chi connectivity index (χ4n) is 5.92. The van der Waals surface area contributed by atoms with Crippen LogP contribution in [0.2, 0.25) is 5.02 Å². The van der Waals surface area contributed by atoms with Gasteiger partial charge in [-0.15, -0.1) is 0 Å². The Hall–Kier alpha value is -3.76. The number of carbonyl (C=O) groups excluding carboxylic acids is 3. The molecule has 2 amide bonds. The molecule has 1 saturated heterocycles. The highest BCUT2D eigenvalue weighted by Gasteiger charge is 2.40. The van der Waals surface area contributed by atoms with Crippen molar-refractivity contribution in [3.05, 3.63) is 63.8 Å². The molecule has 1 aromatic carbocycles. The zero-order chi connectivity index (χ0) is 30.5. The third-order valence-electron chi connectivity index (χ3n) is 8.42. The van der Waals surface area contributed by atoms with Gasteiger partial charge in [-0.25, -0.2) is 9.97 Å². The maximum Gasteiger partial charge on any atom is 0.307 e. The number of allylic oxidation sites excluding steroid dienone is 2. The predicted octanol–water partition coefficient (Wildman–Crippen LogP) is 4.96. The highest BCUT2D eigenvalue weighted by molar-refractivity contribution is 6.33. The van der Waals surface area contributed by atoms with Gasteiger partial charge in [-0.3, -0.25) is 14.4 Å². The van der Waals surface area contributed by atoms with Gasteiger partial charge in [0.1, 0.15) is 6.54 Å². The fraction of sp³-hybridized carbons (Fsp3) is 0.469. The molecule has 1 unspecified atom stereocenters. The number of carbonyl (C=O) groups is 3. The van der Waals surface area contributed by atoms with Crippen LogP contribution in [0.5, 0.6) is 0 Å². The molecule has 4 heterocycles. The van der Waals surface area contributed by atoms with Crippen molar-refractivity contribution in [2.75, 3.05) is 45.3 Å². The number of ether oxygens (including phenoxy) is 2. The van der Waals surface area contributed by atoms with Crippen LogP contribution < -0.4 is 5.32 Å². The normalized spacial score (nSPS) is 19.5. The molecule has 10 nitrogen and oxygen atoms in total. The largest absolute Gasteiger partial charge is 0.469 e. The highest BCUT2D eigenvalue weighted by Crippen LogP contribution is 2.39. The van der Waals surface area contributed by atoms with Crippen LogP contribution in [0.4, 0.5) is 5.95 Å². The number of hydrogen-bond acceptors (Lipinski definition) is 8. The summed E-state index contributed by atoms with van der Waals surface area (Å²) in [4.78, 5) is 52.1. The average Bonchev–Trinajstić information content (AvgIpc) is 3.13. The molecule has 1 aromatic heterocycles. The molecule has 0 spiro atoms. The van der Waals surface area contributed by atoms with E-state index in [1.807, 2.05) is 30.0 Å². The number of anilines is 1. The van der Waals surface area contributed by atoms with Crippen molar-refractivity contribution in [2.24, 2.45) is 0 Å². The van der Waals surface area contributed by atoms with Gasteiger partial charge >= 0.3 is 5.97 Å². The minimum absolute atomic E-state index is 0.0542. The summed E-state index contributed by atoms with van der Waals surface area (Å²) in [6, 6.07) is 4.97. The number of amides is 2. The van der Waals surface area contributed by atoms with Crippen LogP contribution in [0, 0.1) is 0 Å². The summed E-state index contributed by atoms with van der Waals surface area (Å²) in [5.74, 6) is -0.467. The highest BCUT2D eigenvalue weighted by atomic mass is 35.5. The van der Waals surface area contributed by atoms with Crippen LogP contribution in [0.25, 0.3) is 11.3 Å². The second-order valence-electron chi connectivity index (χ2n) is 11.1. The number of aromatic nitrogens is 2. The number of fused-ring (bicyclic) bond motifs is 1. The maximum atomic E-state index is 13.8. The zero-order valence-corrected chi connectivity index (χ0v) is 25.7. The third kappa shape index (κ3) is 6.91. The van der Waals surface area contributed by atoms with Gasteiger partial charge in [-0.1, -0.05) is 41.5 Å². The van der Waals surface area contributed by atoms with Crippen molar-refractivity contribution >= 4 is 35.3 Å². The fourth-order valence-corrected chi connectivity index (χ4v) is 6.12. The topological polar surface area (TPSA) is 114 Å². The molecule has 228 valence electrons. The molecule has 3 aliphatic rings. The van der Waals surface area contributed by atoms with E-state index in [1.54, 1.807) is 12.3 Å². The van der Waals surface area contributed by atoms with E-state index in [1.165, 1.54) is 23.2 Å². The second-order valence-corrected chi connectivity index (χ2v) is 11.5. The van der Waals surface area contributed by atoms with E-state index in [9.17, 15) is 14.4 Å². The van der Waals surface area contributed by atoms with Crippen LogP contribution in [0.15, 0.2) is 47.7 Å². The van der Waals surface area contributed by atoms with Gasteiger partial charge in [0.05, 0.1) is 36.5 Å². The van der Waals surface area contributed by atoms with Gasteiger partial charge in [-0.05, 0) is 56.7 Å². The number of nitrogens with zero attached hydrogens (tertiary/aromatic N) is 4. The summed E-state index contributed by atoms with van der Waals surface area (Å²) in [5, 5.41) is 3.71. The average molecular weight is 608 g/mol. The third-order valence-corrected chi connectivity index (χ3v) is 8.70. The SMILES string of the molecule is C/C=C\C1=C(C)CCN(C(=O)CN2C(=O)c3cc(-c4nc(NC5CCOCC5)ncc4Cl)ccc3C2CC(=O)OC)CC1. The van der Waals surface area contributed by atoms with E-state index in [2.05, 4.69) is 28.3 Å². The summed E-state index contributed by atoms with van der Waals surface area (Å²) >= 11 is 6.53. The van der Waals surface area contributed by atoms with Crippen LogP contribution in [-0.4, -0.2) is 83.6 Å². The van der Waals surface area contributed by atoms with Crippen molar-refractivity contribution in [1.82, 2.24) is 19.8 Å². The second kappa shape index (κ2) is 13.7. The number of esters is 1. The Morgan fingerprint density at radius 3 is 2.72 bits per heavy atom. The Labute approximate surface area is 257 Å². The van der Waals surface area contributed by atoms with E-state index in [4.69, 9.17) is 21.1 Å². The molecule has 2 aromatic rings. The molecule has 0 radical (unpaired) electrons. The number of methoxy groups -OCH3 is 1. The molecule has 3 aliphatic heterocycles. The van der Waals surface area contributed by atoms with Gasteiger partial charge in [0.2, 0.25) is 11.9 Å². The van der Waals surface area contributed by atoms with E-state index in [-0.39, 0.29) is 30.8 Å². The van der Waals surface area contributed by atoms with Gasteiger partial charge in [0.25, 0.3) is 5.91 Å².